The largest absolute Gasteiger partial charge is 0.299 e. The summed E-state index contributed by atoms with van der Waals surface area (Å²) in [6, 6.07) is 0. The van der Waals surface area contributed by atoms with Crippen molar-refractivity contribution in [2.75, 3.05) is 5.75 Å². The van der Waals surface area contributed by atoms with Gasteiger partial charge in [0.15, 0.2) is 0 Å². The van der Waals surface area contributed by atoms with Crippen LogP contribution in [-0.2, 0) is 4.79 Å². The van der Waals surface area contributed by atoms with Crippen molar-refractivity contribution in [3.05, 3.63) is 0 Å². The van der Waals surface area contributed by atoms with Crippen molar-refractivity contribution in [3.63, 3.8) is 0 Å². The molecule has 0 amide bonds. The third-order valence-corrected chi connectivity index (χ3v) is 4.97. The van der Waals surface area contributed by atoms with E-state index in [-0.39, 0.29) is 0 Å². The maximum Gasteiger partial charge on any atom is 0.136 e. The molecule has 1 nitrogen and oxygen atoms in total. The Morgan fingerprint density at radius 3 is 2.57 bits per heavy atom. The average molecular weight is 212 g/mol. The fourth-order valence-corrected chi connectivity index (χ4v) is 4.05. The van der Waals surface area contributed by atoms with E-state index in [9.17, 15) is 4.79 Å². The number of rotatable bonds is 4. The summed E-state index contributed by atoms with van der Waals surface area (Å²) < 4.78 is 0. The van der Waals surface area contributed by atoms with Crippen molar-refractivity contribution < 1.29 is 4.79 Å². The van der Waals surface area contributed by atoms with Crippen LogP contribution in [0.4, 0.5) is 0 Å². The van der Waals surface area contributed by atoms with Crippen LogP contribution in [-0.4, -0.2) is 16.8 Å². The second kappa shape index (κ2) is 5.20. The van der Waals surface area contributed by atoms with Crippen molar-refractivity contribution in [2.24, 2.45) is 5.92 Å². The number of hydrogen-bond acceptors (Lipinski definition) is 2. The van der Waals surface area contributed by atoms with Crippen LogP contribution in [0.5, 0.6) is 0 Å². The molecule has 2 aliphatic carbocycles. The number of carbonyl (C=O) groups excluding carboxylic acids is 1. The highest BCUT2D eigenvalue weighted by Gasteiger charge is 2.24. The molecule has 2 aliphatic rings. The molecule has 1 unspecified atom stereocenters. The van der Waals surface area contributed by atoms with Crippen LogP contribution in [0.2, 0.25) is 0 Å². The molecule has 2 rings (SSSR count). The predicted molar refractivity (Wildman–Crippen MR) is 61.7 cm³/mol. The highest BCUT2D eigenvalue weighted by atomic mass is 32.2. The third-order valence-electron chi connectivity index (χ3n) is 3.55. The van der Waals surface area contributed by atoms with Crippen molar-refractivity contribution in [2.45, 2.75) is 56.6 Å². The van der Waals surface area contributed by atoms with Crippen LogP contribution < -0.4 is 0 Å². The van der Waals surface area contributed by atoms with Gasteiger partial charge in [0.05, 0.1) is 0 Å². The SMILES string of the molecule is O=C1CCCC1CCSC1CCCC1. The summed E-state index contributed by atoms with van der Waals surface area (Å²) in [6.45, 7) is 0. The van der Waals surface area contributed by atoms with E-state index in [0.29, 0.717) is 11.7 Å². The molecule has 2 saturated carbocycles. The molecule has 0 aromatic carbocycles. The minimum atomic E-state index is 0.434. The predicted octanol–water partition coefficient (Wildman–Crippen LogP) is 3.42. The summed E-state index contributed by atoms with van der Waals surface area (Å²) in [6.07, 6.45) is 10.0. The maximum absolute atomic E-state index is 11.4. The van der Waals surface area contributed by atoms with Gasteiger partial charge in [0.25, 0.3) is 0 Å². The highest BCUT2D eigenvalue weighted by molar-refractivity contribution is 7.99. The van der Waals surface area contributed by atoms with E-state index in [4.69, 9.17) is 0 Å². The van der Waals surface area contributed by atoms with Gasteiger partial charge in [-0.15, -0.1) is 0 Å². The topological polar surface area (TPSA) is 17.1 Å². The van der Waals surface area contributed by atoms with E-state index < -0.39 is 0 Å². The Hall–Kier alpha value is 0.0200. The quantitative estimate of drug-likeness (QED) is 0.710. The van der Waals surface area contributed by atoms with Crippen molar-refractivity contribution in [1.29, 1.82) is 0 Å². The van der Waals surface area contributed by atoms with Crippen LogP contribution in [0, 0.1) is 5.92 Å². The van der Waals surface area contributed by atoms with Gasteiger partial charge < -0.3 is 0 Å². The molecule has 0 aromatic heterocycles. The molecule has 0 saturated heterocycles. The fourth-order valence-electron chi connectivity index (χ4n) is 2.63. The Morgan fingerprint density at radius 1 is 1.14 bits per heavy atom. The molecule has 0 aliphatic heterocycles. The first kappa shape index (κ1) is 10.5. The van der Waals surface area contributed by atoms with Gasteiger partial charge in [-0.25, -0.2) is 0 Å². The molecule has 80 valence electrons. The Morgan fingerprint density at radius 2 is 1.93 bits per heavy atom. The first-order valence-corrected chi connectivity index (χ1v) is 7.05. The first-order chi connectivity index (χ1) is 6.86. The molecule has 0 heterocycles. The average Bonchev–Trinajstić information content (AvgIpc) is 2.78. The number of hydrogen-bond donors (Lipinski definition) is 0. The van der Waals surface area contributed by atoms with Crippen molar-refractivity contribution in [1.82, 2.24) is 0 Å². The summed E-state index contributed by atoms with van der Waals surface area (Å²) >= 11 is 2.12. The zero-order valence-electron chi connectivity index (χ0n) is 8.84. The van der Waals surface area contributed by atoms with Gasteiger partial charge in [-0.1, -0.05) is 12.8 Å². The van der Waals surface area contributed by atoms with E-state index in [1.165, 1.54) is 37.9 Å². The van der Waals surface area contributed by atoms with E-state index >= 15 is 0 Å². The van der Waals surface area contributed by atoms with Crippen LogP contribution >= 0.6 is 11.8 Å². The lowest BCUT2D eigenvalue weighted by atomic mass is 10.1. The standard InChI is InChI=1S/C12H20OS/c13-12-7-3-4-10(12)8-9-14-11-5-1-2-6-11/h10-11H,1-9H2. The number of carbonyl (C=O) groups is 1. The number of ketones is 1. The normalized spacial score (nSPS) is 28.9. The van der Waals surface area contributed by atoms with Gasteiger partial charge in [-0.3, -0.25) is 4.79 Å². The van der Waals surface area contributed by atoms with E-state index in [1.54, 1.807) is 0 Å². The number of Topliss-reactive ketones (excluding diaryl/α,β-unsaturated/α-hetero) is 1. The molecule has 14 heavy (non-hydrogen) atoms. The lowest BCUT2D eigenvalue weighted by molar-refractivity contribution is -0.120. The van der Waals surface area contributed by atoms with Crippen molar-refractivity contribution in [3.8, 4) is 0 Å². The zero-order valence-corrected chi connectivity index (χ0v) is 9.65. The van der Waals surface area contributed by atoms with E-state index in [1.807, 2.05) is 0 Å². The van der Waals surface area contributed by atoms with Gasteiger partial charge in [-0.05, 0) is 37.9 Å². The van der Waals surface area contributed by atoms with Gasteiger partial charge >= 0.3 is 0 Å². The first-order valence-electron chi connectivity index (χ1n) is 6.00. The van der Waals surface area contributed by atoms with Gasteiger partial charge in [0, 0.05) is 17.6 Å². The molecule has 0 spiro atoms. The second-order valence-corrected chi connectivity index (χ2v) is 6.03. The number of thioether (sulfide) groups is 1. The summed E-state index contributed by atoms with van der Waals surface area (Å²) in [7, 11) is 0. The monoisotopic (exact) mass is 212 g/mol. The third kappa shape index (κ3) is 2.75. The maximum atomic E-state index is 11.4. The van der Waals surface area contributed by atoms with Gasteiger partial charge in [0.2, 0.25) is 0 Å². The molecule has 2 fully saturated rings. The lowest BCUT2D eigenvalue weighted by Crippen LogP contribution is -2.08. The summed E-state index contributed by atoms with van der Waals surface area (Å²) in [4.78, 5) is 11.4. The van der Waals surface area contributed by atoms with Crippen LogP contribution in [0.3, 0.4) is 0 Å². The molecule has 0 N–H and O–H groups in total. The minimum Gasteiger partial charge on any atom is -0.299 e. The Balaban J connectivity index is 1.60. The van der Waals surface area contributed by atoms with E-state index in [2.05, 4.69) is 11.8 Å². The Labute approximate surface area is 91.0 Å². The minimum absolute atomic E-state index is 0.434. The Bertz CT molecular complexity index is 196. The van der Waals surface area contributed by atoms with Crippen LogP contribution in [0.1, 0.15) is 51.4 Å². The Kier molecular flexibility index (Phi) is 3.91. The van der Waals surface area contributed by atoms with Crippen molar-refractivity contribution >= 4 is 17.5 Å². The molecular formula is C12H20OS. The van der Waals surface area contributed by atoms with Gasteiger partial charge in [-0.2, -0.15) is 11.8 Å². The van der Waals surface area contributed by atoms with E-state index in [0.717, 1.165) is 24.5 Å². The molecule has 0 bridgehead atoms. The van der Waals surface area contributed by atoms with Gasteiger partial charge in [0.1, 0.15) is 5.78 Å². The lowest BCUT2D eigenvalue weighted by Gasteiger charge is -2.10. The molecule has 0 aromatic rings. The van der Waals surface area contributed by atoms with Crippen LogP contribution in [0.15, 0.2) is 0 Å². The van der Waals surface area contributed by atoms with Crippen LogP contribution in [0.25, 0.3) is 0 Å². The fraction of sp³-hybridized carbons (Fsp3) is 0.917. The summed E-state index contributed by atoms with van der Waals surface area (Å²) in [5.74, 6) is 2.20. The molecule has 0 radical (unpaired) electrons. The summed E-state index contributed by atoms with van der Waals surface area (Å²) in [5, 5.41) is 0.923. The second-order valence-electron chi connectivity index (χ2n) is 4.62. The zero-order chi connectivity index (χ0) is 9.80. The summed E-state index contributed by atoms with van der Waals surface area (Å²) in [5.41, 5.74) is 0. The highest BCUT2D eigenvalue weighted by Crippen LogP contribution is 2.32. The molecule has 1 atom stereocenters. The molecular weight excluding hydrogens is 192 g/mol. The smallest absolute Gasteiger partial charge is 0.136 e. The molecule has 2 heteroatoms.